The monoisotopic (exact) mass is 352 g/mol. The van der Waals surface area contributed by atoms with Crippen LogP contribution in [0.4, 0.5) is 14.5 Å². The molecule has 26 heavy (non-hydrogen) atoms. The fraction of sp³-hybridized carbons (Fsp3) is 0.238. The molecule has 1 aliphatic rings. The second kappa shape index (κ2) is 6.16. The van der Waals surface area contributed by atoms with Crippen LogP contribution in [0, 0.1) is 18.6 Å². The first kappa shape index (κ1) is 16.6. The molecular formula is C21H18F2N2O. The van der Waals surface area contributed by atoms with E-state index in [1.807, 2.05) is 13.8 Å². The van der Waals surface area contributed by atoms with Crippen LogP contribution in [-0.4, -0.2) is 16.9 Å². The predicted octanol–water partition coefficient (Wildman–Crippen LogP) is 4.80. The summed E-state index contributed by atoms with van der Waals surface area (Å²) in [6.45, 7) is 3.78. The highest BCUT2D eigenvalue weighted by Gasteiger charge is 2.30. The number of hydrogen-bond acceptors (Lipinski definition) is 2. The van der Waals surface area contributed by atoms with Gasteiger partial charge in [0, 0.05) is 22.8 Å². The summed E-state index contributed by atoms with van der Waals surface area (Å²) in [5, 5.41) is 0.488. The van der Waals surface area contributed by atoms with E-state index in [1.165, 1.54) is 24.3 Å². The van der Waals surface area contributed by atoms with Crippen LogP contribution in [0.15, 0.2) is 42.5 Å². The molecule has 2 heterocycles. The van der Waals surface area contributed by atoms with Gasteiger partial charge in [-0.2, -0.15) is 0 Å². The minimum Gasteiger partial charge on any atom is -0.305 e. The Morgan fingerprint density at radius 3 is 2.65 bits per heavy atom. The second-order valence-corrected chi connectivity index (χ2v) is 6.81. The Hall–Kier alpha value is -2.82. The number of halogens is 2. The van der Waals surface area contributed by atoms with Crippen molar-refractivity contribution in [2.75, 3.05) is 4.90 Å². The fourth-order valence-corrected chi connectivity index (χ4v) is 3.67. The first-order chi connectivity index (χ1) is 12.4. The minimum atomic E-state index is -0.411. The van der Waals surface area contributed by atoms with Gasteiger partial charge in [-0.1, -0.05) is 0 Å². The number of amides is 1. The number of carbonyl (C=O) groups is 1. The van der Waals surface area contributed by atoms with Crippen molar-refractivity contribution in [2.24, 2.45) is 0 Å². The molecule has 1 amide bonds. The van der Waals surface area contributed by atoms with Crippen LogP contribution in [0.25, 0.3) is 10.9 Å². The van der Waals surface area contributed by atoms with Gasteiger partial charge in [-0.05, 0) is 74.7 Å². The van der Waals surface area contributed by atoms with Gasteiger partial charge < -0.3 is 4.90 Å². The van der Waals surface area contributed by atoms with Crippen LogP contribution < -0.4 is 4.90 Å². The van der Waals surface area contributed by atoms with E-state index in [9.17, 15) is 13.6 Å². The van der Waals surface area contributed by atoms with E-state index < -0.39 is 5.82 Å². The van der Waals surface area contributed by atoms with Crippen molar-refractivity contribution >= 4 is 22.5 Å². The van der Waals surface area contributed by atoms with E-state index in [4.69, 9.17) is 0 Å². The van der Waals surface area contributed by atoms with Gasteiger partial charge in [-0.3, -0.25) is 9.78 Å². The van der Waals surface area contributed by atoms with Crippen molar-refractivity contribution in [3.05, 3.63) is 70.9 Å². The zero-order chi connectivity index (χ0) is 18.4. The second-order valence-electron chi connectivity index (χ2n) is 6.81. The summed E-state index contributed by atoms with van der Waals surface area (Å²) < 4.78 is 27.4. The highest BCUT2D eigenvalue weighted by molar-refractivity contribution is 6.14. The quantitative estimate of drug-likeness (QED) is 0.630. The molecule has 0 saturated heterocycles. The van der Waals surface area contributed by atoms with Crippen molar-refractivity contribution in [1.82, 2.24) is 4.98 Å². The van der Waals surface area contributed by atoms with E-state index in [-0.39, 0.29) is 17.8 Å². The van der Waals surface area contributed by atoms with Crippen LogP contribution in [0.3, 0.4) is 0 Å². The largest absolute Gasteiger partial charge is 0.305 e. The molecule has 2 aromatic carbocycles. The van der Waals surface area contributed by atoms with Crippen LogP contribution in [-0.2, 0) is 6.42 Å². The molecule has 0 bridgehead atoms. The van der Waals surface area contributed by atoms with Crippen molar-refractivity contribution in [2.45, 2.75) is 32.7 Å². The molecule has 132 valence electrons. The normalized spacial score (nSPS) is 16.6. The lowest BCUT2D eigenvalue weighted by molar-refractivity contribution is 0.0976. The van der Waals surface area contributed by atoms with Gasteiger partial charge in [0.15, 0.2) is 0 Å². The van der Waals surface area contributed by atoms with Gasteiger partial charge in [0.25, 0.3) is 5.91 Å². The molecule has 0 N–H and O–H groups in total. The zero-order valence-corrected chi connectivity index (χ0v) is 14.6. The van der Waals surface area contributed by atoms with E-state index in [1.54, 1.807) is 23.1 Å². The fourth-order valence-electron chi connectivity index (χ4n) is 3.67. The summed E-state index contributed by atoms with van der Waals surface area (Å²) in [5.74, 6) is -0.935. The third-order valence-electron chi connectivity index (χ3n) is 4.92. The molecule has 0 saturated carbocycles. The Balaban J connectivity index is 1.89. The molecule has 0 spiro atoms. The summed E-state index contributed by atoms with van der Waals surface area (Å²) in [4.78, 5) is 19.5. The Morgan fingerprint density at radius 2 is 1.85 bits per heavy atom. The van der Waals surface area contributed by atoms with E-state index in [0.717, 1.165) is 18.4 Å². The molecule has 3 nitrogen and oxygen atoms in total. The molecule has 1 aliphatic heterocycles. The lowest BCUT2D eigenvalue weighted by Crippen LogP contribution is -2.42. The van der Waals surface area contributed by atoms with E-state index >= 15 is 0 Å². The summed E-state index contributed by atoms with van der Waals surface area (Å²) in [7, 11) is 0. The number of aryl methyl sites for hydroxylation is 2. The lowest BCUT2D eigenvalue weighted by atomic mass is 9.95. The molecule has 5 heteroatoms. The Kier molecular flexibility index (Phi) is 3.94. The highest BCUT2D eigenvalue weighted by Crippen LogP contribution is 2.33. The third kappa shape index (κ3) is 2.73. The van der Waals surface area contributed by atoms with Gasteiger partial charge in [-0.25, -0.2) is 8.78 Å². The van der Waals surface area contributed by atoms with Gasteiger partial charge in [0.1, 0.15) is 11.6 Å². The standard InChI is InChI=1S/C21H18F2N2O/c1-12-9-18(17-11-16(23)5-7-19(17)24-12)21(26)25-13(2)3-4-14-10-15(22)6-8-20(14)25/h5-11,13H,3-4H2,1-2H3/t13-/m1/s1. The Bertz CT molecular complexity index is 1030. The molecule has 4 rings (SSSR count). The average Bonchev–Trinajstić information content (AvgIpc) is 2.61. The SMILES string of the molecule is Cc1cc(C(=O)N2c3ccc(F)cc3CC[C@H]2C)c2cc(F)ccc2n1. The van der Waals surface area contributed by atoms with Gasteiger partial charge in [0.05, 0.1) is 11.1 Å². The number of rotatable bonds is 1. The van der Waals surface area contributed by atoms with E-state index in [2.05, 4.69) is 4.98 Å². The van der Waals surface area contributed by atoms with Crippen LogP contribution in [0.1, 0.15) is 35.0 Å². The molecule has 0 fully saturated rings. The van der Waals surface area contributed by atoms with Crippen LogP contribution in [0.5, 0.6) is 0 Å². The molecule has 1 atom stereocenters. The maximum Gasteiger partial charge on any atom is 0.259 e. The number of fused-ring (bicyclic) bond motifs is 2. The van der Waals surface area contributed by atoms with Crippen molar-refractivity contribution in [3.63, 3.8) is 0 Å². The number of aromatic nitrogens is 1. The maximum absolute atomic E-state index is 13.8. The summed E-state index contributed by atoms with van der Waals surface area (Å²) >= 11 is 0. The Labute approximate surface area is 150 Å². The molecule has 1 aromatic heterocycles. The van der Waals surface area contributed by atoms with Crippen molar-refractivity contribution < 1.29 is 13.6 Å². The molecule has 0 radical (unpaired) electrons. The summed E-state index contributed by atoms with van der Waals surface area (Å²) in [6.07, 6.45) is 1.47. The summed E-state index contributed by atoms with van der Waals surface area (Å²) in [5.41, 5.74) is 3.22. The average molecular weight is 352 g/mol. The molecule has 0 aliphatic carbocycles. The number of benzene rings is 2. The van der Waals surface area contributed by atoms with E-state index in [0.29, 0.717) is 27.8 Å². The Morgan fingerprint density at radius 1 is 1.12 bits per heavy atom. The topological polar surface area (TPSA) is 33.2 Å². The zero-order valence-electron chi connectivity index (χ0n) is 14.6. The molecule has 0 unspecified atom stereocenters. The number of pyridine rings is 1. The first-order valence-corrected chi connectivity index (χ1v) is 8.63. The smallest absolute Gasteiger partial charge is 0.259 e. The predicted molar refractivity (Wildman–Crippen MR) is 97.4 cm³/mol. The number of carbonyl (C=O) groups excluding carboxylic acids is 1. The van der Waals surface area contributed by atoms with Crippen LogP contribution in [0.2, 0.25) is 0 Å². The van der Waals surface area contributed by atoms with Gasteiger partial charge in [-0.15, -0.1) is 0 Å². The van der Waals surface area contributed by atoms with Crippen LogP contribution >= 0.6 is 0 Å². The van der Waals surface area contributed by atoms with Gasteiger partial charge >= 0.3 is 0 Å². The number of nitrogens with zero attached hydrogens (tertiary/aromatic N) is 2. The highest BCUT2D eigenvalue weighted by atomic mass is 19.1. The third-order valence-corrected chi connectivity index (χ3v) is 4.92. The number of anilines is 1. The van der Waals surface area contributed by atoms with Crippen molar-refractivity contribution in [1.29, 1.82) is 0 Å². The lowest BCUT2D eigenvalue weighted by Gasteiger charge is -2.35. The first-order valence-electron chi connectivity index (χ1n) is 8.63. The molecule has 3 aromatic rings. The molecular weight excluding hydrogens is 334 g/mol. The minimum absolute atomic E-state index is 0.0301. The number of hydrogen-bond donors (Lipinski definition) is 0. The van der Waals surface area contributed by atoms with Crippen molar-refractivity contribution in [3.8, 4) is 0 Å². The maximum atomic E-state index is 13.8. The van der Waals surface area contributed by atoms with Gasteiger partial charge in [0.2, 0.25) is 0 Å². The summed E-state index contributed by atoms with van der Waals surface area (Å²) in [6, 6.07) is 10.4.